The maximum absolute atomic E-state index is 9.23. The number of nitrogens with zero attached hydrogens (tertiary/aromatic N) is 1. The molecule has 3 rings (SSSR count). The van der Waals surface area contributed by atoms with Gasteiger partial charge in [-0.2, -0.15) is 0 Å². The molecular formula is C23H23NO. The van der Waals surface area contributed by atoms with Crippen LogP contribution >= 0.6 is 0 Å². The summed E-state index contributed by atoms with van der Waals surface area (Å²) in [4.78, 5) is 2.27. The average Bonchev–Trinajstić information content (AvgIpc) is 2.60. The van der Waals surface area contributed by atoms with Gasteiger partial charge in [0.25, 0.3) is 0 Å². The van der Waals surface area contributed by atoms with Crippen LogP contribution in [-0.4, -0.2) is 5.11 Å². The monoisotopic (exact) mass is 329 g/mol. The largest absolute Gasteiger partial charge is 0.513 e. The van der Waals surface area contributed by atoms with Crippen LogP contribution in [0, 0.1) is 11.8 Å². The first-order valence-electron chi connectivity index (χ1n) is 8.66. The Labute approximate surface area is 150 Å². The number of hydrogen-bond donors (Lipinski definition) is 1. The van der Waals surface area contributed by atoms with E-state index in [9.17, 15) is 5.11 Å². The molecule has 0 amide bonds. The third kappa shape index (κ3) is 4.14. The molecule has 0 saturated carbocycles. The Morgan fingerprint density at radius 1 is 0.920 bits per heavy atom. The van der Waals surface area contributed by atoms with Crippen LogP contribution in [0.5, 0.6) is 0 Å². The average molecular weight is 329 g/mol. The van der Waals surface area contributed by atoms with Gasteiger partial charge in [-0.3, -0.25) is 0 Å². The molecule has 0 atom stereocenters. The highest BCUT2D eigenvalue weighted by Crippen LogP contribution is 2.29. The van der Waals surface area contributed by atoms with Crippen molar-refractivity contribution in [2.45, 2.75) is 32.2 Å². The van der Waals surface area contributed by atoms with Crippen molar-refractivity contribution in [3.05, 3.63) is 89.8 Å². The minimum Gasteiger partial charge on any atom is -0.513 e. The molecule has 0 fully saturated rings. The summed E-state index contributed by atoms with van der Waals surface area (Å²) in [5.41, 5.74) is 5.51. The van der Waals surface area contributed by atoms with Gasteiger partial charge in [0.05, 0.1) is 11.4 Å². The lowest BCUT2D eigenvalue weighted by molar-refractivity contribution is 0.384. The summed E-state index contributed by atoms with van der Waals surface area (Å²) in [6.45, 7) is 8.65. The van der Waals surface area contributed by atoms with Crippen molar-refractivity contribution in [1.82, 2.24) is 0 Å². The Kier molecular flexibility index (Phi) is 5.26. The molecule has 0 saturated heterocycles. The highest BCUT2D eigenvalue weighted by atomic mass is 16.3. The van der Waals surface area contributed by atoms with Crippen LogP contribution < -0.4 is 4.90 Å². The number of benzene rings is 2. The quantitative estimate of drug-likeness (QED) is 0.426. The van der Waals surface area contributed by atoms with Crippen molar-refractivity contribution in [1.29, 1.82) is 0 Å². The highest BCUT2D eigenvalue weighted by molar-refractivity contribution is 5.66. The van der Waals surface area contributed by atoms with Crippen molar-refractivity contribution in [2.75, 3.05) is 4.90 Å². The fraction of sp³-hybridized carbons (Fsp3) is 0.217. The molecule has 0 radical (unpaired) electrons. The first-order chi connectivity index (χ1) is 12.1. The number of fused-ring (bicyclic) bond motifs is 2. The molecule has 2 aromatic rings. The van der Waals surface area contributed by atoms with Gasteiger partial charge in [0.15, 0.2) is 0 Å². The van der Waals surface area contributed by atoms with Gasteiger partial charge in [-0.1, -0.05) is 55.3 Å². The first-order valence-corrected chi connectivity index (χ1v) is 8.66. The summed E-state index contributed by atoms with van der Waals surface area (Å²) in [5, 5.41) is 9.23. The van der Waals surface area contributed by atoms with Gasteiger partial charge in [-0.25, -0.2) is 0 Å². The molecule has 1 heterocycles. The van der Waals surface area contributed by atoms with Gasteiger partial charge in [0.2, 0.25) is 0 Å². The second-order valence-corrected chi connectivity index (χ2v) is 6.35. The molecular weight excluding hydrogens is 306 g/mol. The number of anilines is 1. The summed E-state index contributed by atoms with van der Waals surface area (Å²) in [5.74, 6) is 6.87. The second kappa shape index (κ2) is 7.77. The number of para-hydroxylation sites is 1. The normalized spacial score (nSPS) is 12.1. The summed E-state index contributed by atoms with van der Waals surface area (Å²) in [6.07, 6.45) is 3.43. The standard InChI is InChI=1S/C23H23NO/c1-18(9-3-4-10-19(2)25)24-17-22-13-6-5-11-20(22)15-16-21-12-7-8-14-23(21)24/h5-8,11-14,25H,1-4,9-10,17H2. The van der Waals surface area contributed by atoms with E-state index in [1.54, 1.807) is 0 Å². The molecule has 1 aliphatic rings. The molecule has 2 aromatic carbocycles. The fourth-order valence-corrected chi connectivity index (χ4v) is 3.06. The zero-order chi connectivity index (χ0) is 17.6. The Balaban J connectivity index is 1.87. The van der Waals surface area contributed by atoms with Crippen LogP contribution in [0.1, 0.15) is 42.4 Å². The van der Waals surface area contributed by atoms with E-state index in [1.165, 1.54) is 5.56 Å². The van der Waals surface area contributed by atoms with Crippen molar-refractivity contribution in [2.24, 2.45) is 0 Å². The van der Waals surface area contributed by atoms with Crippen molar-refractivity contribution in [3.8, 4) is 11.8 Å². The van der Waals surface area contributed by atoms with Crippen LogP contribution in [0.3, 0.4) is 0 Å². The van der Waals surface area contributed by atoms with Gasteiger partial charge < -0.3 is 10.0 Å². The molecule has 0 bridgehead atoms. The molecule has 1 N–H and O–H groups in total. The molecule has 25 heavy (non-hydrogen) atoms. The number of aliphatic hydroxyl groups excluding tert-OH is 1. The fourth-order valence-electron chi connectivity index (χ4n) is 3.06. The Morgan fingerprint density at radius 3 is 2.36 bits per heavy atom. The van der Waals surface area contributed by atoms with Gasteiger partial charge in [0.1, 0.15) is 0 Å². The summed E-state index contributed by atoms with van der Waals surface area (Å²) in [7, 11) is 0. The maximum Gasteiger partial charge on any atom is 0.0851 e. The van der Waals surface area contributed by atoms with E-state index >= 15 is 0 Å². The Hall–Kier alpha value is -2.92. The second-order valence-electron chi connectivity index (χ2n) is 6.35. The van der Waals surface area contributed by atoms with Gasteiger partial charge in [-0.05, 0) is 43.0 Å². The first kappa shape index (κ1) is 16.9. The van der Waals surface area contributed by atoms with Crippen LogP contribution in [0.4, 0.5) is 5.69 Å². The van der Waals surface area contributed by atoms with Crippen LogP contribution in [0.15, 0.2) is 73.1 Å². The van der Waals surface area contributed by atoms with Gasteiger partial charge >= 0.3 is 0 Å². The molecule has 0 aromatic heterocycles. The minimum absolute atomic E-state index is 0.256. The highest BCUT2D eigenvalue weighted by Gasteiger charge is 2.17. The predicted molar refractivity (Wildman–Crippen MR) is 104 cm³/mol. The topological polar surface area (TPSA) is 23.5 Å². The summed E-state index contributed by atoms with van der Waals surface area (Å²) < 4.78 is 0. The SMILES string of the molecule is C=C(O)CCCCC(=C)N1Cc2ccccc2C#Cc2ccccc21. The zero-order valence-corrected chi connectivity index (χ0v) is 14.5. The van der Waals surface area contributed by atoms with E-state index in [0.717, 1.165) is 48.3 Å². The summed E-state index contributed by atoms with van der Waals surface area (Å²) in [6, 6.07) is 16.5. The molecule has 1 aliphatic heterocycles. The molecule has 2 nitrogen and oxygen atoms in total. The molecule has 0 unspecified atom stereocenters. The lowest BCUT2D eigenvalue weighted by Gasteiger charge is -2.29. The van der Waals surface area contributed by atoms with Crippen molar-refractivity contribution >= 4 is 5.69 Å². The number of aliphatic hydroxyl groups is 1. The van der Waals surface area contributed by atoms with Crippen molar-refractivity contribution < 1.29 is 5.11 Å². The summed E-state index contributed by atoms with van der Waals surface area (Å²) >= 11 is 0. The molecule has 2 heteroatoms. The Bertz CT molecular complexity index is 854. The number of allylic oxidation sites excluding steroid dienone is 2. The lowest BCUT2D eigenvalue weighted by Crippen LogP contribution is -2.23. The Morgan fingerprint density at radius 2 is 1.56 bits per heavy atom. The van der Waals surface area contributed by atoms with Crippen LogP contribution in [0.2, 0.25) is 0 Å². The van der Waals surface area contributed by atoms with E-state index in [0.29, 0.717) is 6.42 Å². The number of unbranched alkanes of at least 4 members (excludes halogenated alkanes) is 1. The predicted octanol–water partition coefficient (Wildman–Crippen LogP) is 5.55. The smallest absolute Gasteiger partial charge is 0.0851 e. The van der Waals surface area contributed by atoms with Gasteiger partial charge in [0, 0.05) is 29.8 Å². The van der Waals surface area contributed by atoms with Crippen molar-refractivity contribution in [3.63, 3.8) is 0 Å². The van der Waals surface area contributed by atoms with Crippen LogP contribution in [-0.2, 0) is 6.54 Å². The van der Waals surface area contributed by atoms with Gasteiger partial charge in [-0.15, -0.1) is 0 Å². The molecule has 0 spiro atoms. The minimum atomic E-state index is 0.256. The lowest BCUT2D eigenvalue weighted by atomic mass is 10.0. The van der Waals surface area contributed by atoms with E-state index in [2.05, 4.69) is 60.2 Å². The number of hydrogen-bond acceptors (Lipinski definition) is 2. The molecule has 126 valence electrons. The van der Waals surface area contributed by atoms with E-state index in [4.69, 9.17) is 0 Å². The molecule has 0 aliphatic carbocycles. The zero-order valence-electron chi connectivity index (χ0n) is 14.5. The third-order valence-electron chi connectivity index (χ3n) is 4.43. The van der Waals surface area contributed by atoms with Crippen LogP contribution in [0.25, 0.3) is 0 Å². The third-order valence-corrected chi connectivity index (χ3v) is 4.43. The van der Waals surface area contributed by atoms with E-state index in [1.807, 2.05) is 18.2 Å². The number of rotatable bonds is 6. The van der Waals surface area contributed by atoms with E-state index in [-0.39, 0.29) is 5.76 Å². The van der Waals surface area contributed by atoms with E-state index < -0.39 is 0 Å². The maximum atomic E-state index is 9.23.